The van der Waals surface area contributed by atoms with Gasteiger partial charge in [0.1, 0.15) is 57.4 Å². The summed E-state index contributed by atoms with van der Waals surface area (Å²) < 4.78 is 16.1. The van der Waals surface area contributed by atoms with Gasteiger partial charge in [0.25, 0.3) is 29.5 Å². The fraction of sp³-hybridized carbons (Fsp3) is 0.131. The highest BCUT2D eigenvalue weighted by Crippen LogP contribution is 2.32. The maximum absolute atomic E-state index is 12.0. The molecule has 0 aliphatic heterocycles. The Morgan fingerprint density at radius 1 is 0.351 bits per heavy atom. The van der Waals surface area contributed by atoms with Crippen molar-refractivity contribution in [1.82, 2.24) is 51.0 Å². The minimum Gasteiger partial charge on any atom is -0.507 e. The van der Waals surface area contributed by atoms with E-state index >= 15 is 0 Å². The molecule has 0 atom stereocenters. The smallest absolute Gasteiger partial charge is 0.254 e. The van der Waals surface area contributed by atoms with E-state index in [1.54, 1.807) is 124 Å². The first-order valence-electron chi connectivity index (χ1n) is 41.2. The first kappa shape index (κ1) is 98.9. The van der Waals surface area contributed by atoms with Crippen LogP contribution < -0.4 is 42.9 Å². The molecule has 15 aromatic rings. The van der Waals surface area contributed by atoms with Crippen LogP contribution in [-0.2, 0) is 43.3 Å². The number of Topliss-reactive ketones (excluding diaryl/α,β-unsaturated/α-hetero) is 1. The number of aromatic nitrogens is 10. The number of ether oxygens (including phenoxy) is 3. The maximum Gasteiger partial charge on any atom is 0.254 e. The van der Waals surface area contributed by atoms with Crippen molar-refractivity contribution in [1.29, 1.82) is 0 Å². The van der Waals surface area contributed by atoms with Gasteiger partial charge in [-0.15, -0.1) is 0 Å². The van der Waals surface area contributed by atoms with Crippen LogP contribution in [0.25, 0.3) is 0 Å². The monoisotopic (exact) mass is 1890 g/mol. The highest BCUT2D eigenvalue weighted by Gasteiger charge is 2.24. The Morgan fingerprint density at radius 3 is 1.06 bits per heavy atom. The Morgan fingerprint density at radius 2 is 0.694 bits per heavy atom. The molecule has 5 aromatic heterocycles. The number of hydrogen-bond donors (Lipinski definition) is 11. The fourth-order valence-corrected chi connectivity index (χ4v) is 14.1. The average molecular weight is 1900 g/mol. The zero-order valence-corrected chi connectivity index (χ0v) is 76.9. The van der Waals surface area contributed by atoms with Gasteiger partial charge in [-0.25, -0.2) is 25.0 Å². The van der Waals surface area contributed by atoms with Crippen molar-refractivity contribution < 1.29 is 48.1 Å². The predicted molar refractivity (Wildman–Crippen MR) is 525 cm³/mol. The number of nitrogens with two attached hydrogens (primary N) is 5. The molecule has 0 unspecified atom stereocenters. The number of hydrogen-bond acceptors (Lipinski definition) is 20. The summed E-state index contributed by atoms with van der Waals surface area (Å²) in [5, 5.41) is 48.0. The van der Waals surface area contributed by atoms with Gasteiger partial charge >= 0.3 is 0 Å². The lowest BCUT2D eigenvalue weighted by Gasteiger charge is -2.06. The number of amides is 5. The third-order valence-corrected chi connectivity index (χ3v) is 21.1. The van der Waals surface area contributed by atoms with Crippen LogP contribution >= 0.6 is 58.0 Å². The number of rotatable bonds is 31. The first-order valence-corrected chi connectivity index (χ1v) is 43.0. The number of nitrogens with zero attached hydrogens (tertiary/aromatic N) is 10. The number of H-pyrrole nitrogens is 5. The second-order valence-electron chi connectivity index (χ2n) is 29.8. The molecule has 35 heteroatoms. The van der Waals surface area contributed by atoms with E-state index in [4.69, 9.17) is 101 Å². The highest BCUT2D eigenvalue weighted by atomic mass is 35.5. The van der Waals surface area contributed by atoms with Crippen LogP contribution in [0.4, 0.5) is 29.1 Å². The molecule has 0 bridgehead atoms. The van der Waals surface area contributed by atoms with Gasteiger partial charge in [-0.2, -0.15) is 25.5 Å². The number of methoxy groups -OCH3 is 2. The summed E-state index contributed by atoms with van der Waals surface area (Å²) in [6.07, 6.45) is 11.0. The summed E-state index contributed by atoms with van der Waals surface area (Å²) in [7, 11) is 3.20. The molecule has 0 saturated heterocycles. The number of benzene rings is 10. The Balaban J connectivity index is 0.000000161. The molecule has 0 aliphatic carbocycles. The van der Waals surface area contributed by atoms with Crippen molar-refractivity contribution in [2.24, 2.45) is 53.6 Å². The number of primary amides is 5. The van der Waals surface area contributed by atoms with E-state index in [9.17, 15) is 33.9 Å². The average Bonchev–Trinajstić information content (AvgIpc) is 1.64. The van der Waals surface area contributed by atoms with Gasteiger partial charge < -0.3 is 48.0 Å². The van der Waals surface area contributed by atoms with E-state index in [2.05, 4.69) is 95.0 Å². The van der Waals surface area contributed by atoms with Crippen LogP contribution in [0.3, 0.4) is 0 Å². The van der Waals surface area contributed by atoms with E-state index in [0.717, 1.165) is 67.8 Å². The molecule has 30 nitrogen and oxygen atoms in total. The summed E-state index contributed by atoms with van der Waals surface area (Å²) in [5.74, 6) is 0.102. The standard InChI is InChI=1S/C21H19ClN4O3.C20H19ClN4O2.C20H19ClN4O.2C19H17ClN4O2/c1-13(27)12-29-18-8-3-2-6-15(18)11-24-21-19(20(23)28)17(25-26-21)10-14-5-4-7-16(22)9-14;1-12-3-4-14(10-17(12)27-2)11-23-20-18(19(22)26)16(24-25-20)9-13-5-7-15(21)8-6-13;1-2-13-4-3-5-15(10-13)12-23-20-18(19(22)26)17(24-25-20)11-14-6-8-16(21)9-7-14;1-11-5-6-13(16(25)7-11)10-22-19-17(18(21)26)15(23-24-19)9-12-3-2-4-14(20)8-12;1-26-16-5-3-2-4-13(16)11-22-19-17(18(21)25)15(23-24-19)10-12-6-8-14(20)9-7-12/h2-9,11H,10,12H2,1H3,(H2,23,28)(H,25,26);3-8,10-11H,9H2,1-2H3,(H2,22,26)(H,24,25);3-10,12H,2,11H2,1H3,(H2,22,26)(H,24,25);2-8,10,25H,9H2,1H3,(H2,21,26)(H,23,24);2-9,11H,10H2,1H3,(H2,21,25)(H,23,24). The molecule has 5 amide bonds. The summed E-state index contributed by atoms with van der Waals surface area (Å²) >= 11 is 29.7. The molecular weight excluding hydrogens is 1810 g/mol. The van der Waals surface area contributed by atoms with Crippen molar-refractivity contribution in [2.45, 2.75) is 66.2 Å². The molecule has 5 heterocycles. The molecule has 0 radical (unpaired) electrons. The van der Waals surface area contributed by atoms with E-state index in [1.165, 1.54) is 24.9 Å². The molecule has 0 fully saturated rings. The van der Waals surface area contributed by atoms with E-state index in [-0.39, 0.29) is 63.7 Å². The van der Waals surface area contributed by atoms with Gasteiger partial charge in [-0.05, 0) is 186 Å². The molecule has 0 saturated carbocycles. The molecule has 10 aromatic carbocycles. The Labute approximate surface area is 795 Å². The molecule has 15 rings (SSSR count). The Bertz CT molecular complexity index is 6840. The summed E-state index contributed by atoms with van der Waals surface area (Å²) in [4.78, 5) is 92.4. The van der Waals surface area contributed by atoms with Crippen LogP contribution in [0, 0.1) is 13.8 Å². The number of ketones is 1. The largest absolute Gasteiger partial charge is 0.507 e. The summed E-state index contributed by atoms with van der Waals surface area (Å²) in [5.41, 5.74) is 43.6. The number of aliphatic imine (C=N–C) groups is 5. The number of aromatic hydroxyl groups is 1. The van der Waals surface area contributed by atoms with E-state index < -0.39 is 29.5 Å². The van der Waals surface area contributed by atoms with Crippen LogP contribution in [0.2, 0.25) is 25.1 Å². The SMILES string of the molecule is CC(=O)COc1ccccc1C=Nc1n[nH]c(Cc2cccc(Cl)c2)c1C(N)=O.CCc1cccc(C=Nc2n[nH]c(Cc3ccc(Cl)cc3)c2C(N)=O)c1.COc1cc(C=Nc2n[nH]c(Cc3ccc(Cl)cc3)c2C(N)=O)ccc1C.COc1ccccc1C=Nc1n[nH]c(Cc2ccc(Cl)cc2)c1C(N)=O.Cc1ccc(C=Nc2n[nH]c(Cc3cccc(Cl)c3)c2C(N)=O)c(O)c1. The summed E-state index contributed by atoms with van der Waals surface area (Å²) in [6.45, 7) is 7.34. The van der Waals surface area contributed by atoms with Crippen LogP contribution in [0.1, 0.15) is 166 Å². The zero-order valence-electron chi connectivity index (χ0n) is 73.1. The van der Waals surface area contributed by atoms with E-state index in [0.29, 0.717) is 120 Å². The highest BCUT2D eigenvalue weighted by molar-refractivity contribution is 6.32. The molecule has 0 spiro atoms. The van der Waals surface area contributed by atoms with Crippen LogP contribution in [0.5, 0.6) is 23.0 Å². The number of phenols is 1. The second-order valence-corrected chi connectivity index (χ2v) is 32.0. The predicted octanol–water partition coefficient (Wildman–Crippen LogP) is 18.4. The van der Waals surface area contributed by atoms with Crippen LogP contribution in [0.15, 0.2) is 255 Å². The summed E-state index contributed by atoms with van der Waals surface area (Å²) in [6, 6.07) is 70.2. The normalized spacial score (nSPS) is 11.1. The lowest BCUT2D eigenvalue weighted by Crippen LogP contribution is -2.13. The number of aromatic amines is 5. The van der Waals surface area contributed by atoms with Gasteiger partial charge in [-0.3, -0.25) is 54.3 Å². The lowest BCUT2D eigenvalue weighted by atomic mass is 10.1. The Hall–Kier alpha value is -15.7. The number of nitrogens with one attached hydrogen (secondary N) is 5. The van der Waals surface area contributed by atoms with Gasteiger partial charge in [-0.1, -0.05) is 192 Å². The van der Waals surface area contributed by atoms with Crippen molar-refractivity contribution in [2.75, 3.05) is 20.8 Å². The molecule has 682 valence electrons. The van der Waals surface area contributed by atoms with Gasteiger partial charge in [0.15, 0.2) is 34.9 Å². The van der Waals surface area contributed by atoms with Gasteiger partial charge in [0.05, 0.1) is 42.7 Å². The number of carbonyl (C=O) groups is 6. The first-order chi connectivity index (χ1) is 64.5. The maximum atomic E-state index is 12.0. The second kappa shape index (κ2) is 48.2. The van der Waals surface area contributed by atoms with Gasteiger partial charge in [0, 0.05) is 105 Å². The topological polar surface area (TPSA) is 486 Å². The number of phenolic OH excluding ortho intramolecular Hbond substituents is 1. The zero-order chi connectivity index (χ0) is 95.9. The van der Waals surface area contributed by atoms with Gasteiger partial charge in [0.2, 0.25) is 0 Å². The number of para-hydroxylation sites is 2. The van der Waals surface area contributed by atoms with Crippen molar-refractivity contribution in [3.05, 3.63) is 384 Å². The van der Waals surface area contributed by atoms with Crippen molar-refractivity contribution >= 4 is 153 Å². The minimum atomic E-state index is -0.635. The third kappa shape index (κ3) is 28.4. The van der Waals surface area contributed by atoms with Crippen molar-refractivity contribution in [3.8, 4) is 23.0 Å². The van der Waals surface area contributed by atoms with Crippen LogP contribution in [-0.4, -0.2) is 143 Å². The third-order valence-electron chi connectivity index (χ3n) is 19.9. The lowest BCUT2D eigenvalue weighted by molar-refractivity contribution is -0.118. The quantitative estimate of drug-likeness (QED) is 0.0180. The molecule has 16 N–H and O–H groups in total. The number of halogens is 5. The van der Waals surface area contributed by atoms with Crippen molar-refractivity contribution in [3.63, 3.8) is 0 Å². The number of aryl methyl sites for hydroxylation is 3. The molecule has 0 aliphatic rings. The number of carbonyl (C=O) groups excluding carboxylic acids is 6. The molecule has 134 heavy (non-hydrogen) atoms. The van der Waals surface area contributed by atoms with E-state index in [1.807, 2.05) is 141 Å². The fourth-order valence-electron chi connectivity index (χ4n) is 13.3. The minimum absolute atomic E-state index is 0.0381. The Kier molecular flexibility index (Phi) is 35.6. The molecular formula is C99H91Cl5N20O10.